The molecule has 0 aromatic rings. The first-order valence-electron chi connectivity index (χ1n) is 4.52. The summed E-state index contributed by atoms with van der Waals surface area (Å²) in [6.45, 7) is 8.01. The van der Waals surface area contributed by atoms with E-state index in [0.717, 1.165) is 25.2 Å². The molecule has 1 rings (SSSR count). The number of rotatable bonds is 1. The number of piperidine rings is 1. The standard InChI is InChI=1S/C9H18N2O/c1-9(2,3)12-11-8-5-4-6-10-7-8/h10H,4-7H2,1-3H3. The van der Waals surface area contributed by atoms with Crippen LogP contribution in [0, 0.1) is 0 Å². The second kappa shape index (κ2) is 3.90. The van der Waals surface area contributed by atoms with E-state index in [2.05, 4.69) is 10.5 Å². The highest BCUT2D eigenvalue weighted by Gasteiger charge is 2.12. The van der Waals surface area contributed by atoms with Crippen LogP contribution >= 0.6 is 0 Å². The molecule has 1 heterocycles. The summed E-state index contributed by atoms with van der Waals surface area (Å²) in [6, 6.07) is 0. The Balaban J connectivity index is 2.35. The topological polar surface area (TPSA) is 33.6 Å². The van der Waals surface area contributed by atoms with Gasteiger partial charge in [-0.25, -0.2) is 0 Å². The minimum atomic E-state index is -0.162. The fourth-order valence-corrected chi connectivity index (χ4v) is 1.02. The number of hydrogen-bond donors (Lipinski definition) is 1. The zero-order valence-corrected chi connectivity index (χ0v) is 8.18. The highest BCUT2D eigenvalue weighted by atomic mass is 16.6. The van der Waals surface area contributed by atoms with Gasteiger partial charge >= 0.3 is 0 Å². The summed E-state index contributed by atoms with van der Waals surface area (Å²) >= 11 is 0. The Morgan fingerprint density at radius 1 is 1.42 bits per heavy atom. The summed E-state index contributed by atoms with van der Waals surface area (Å²) in [6.07, 6.45) is 2.25. The lowest BCUT2D eigenvalue weighted by Crippen LogP contribution is -2.30. The van der Waals surface area contributed by atoms with E-state index in [0.29, 0.717) is 0 Å². The Hall–Kier alpha value is -0.570. The molecule has 1 aliphatic heterocycles. The summed E-state index contributed by atoms with van der Waals surface area (Å²) in [4.78, 5) is 5.32. The molecule has 0 unspecified atom stereocenters. The summed E-state index contributed by atoms with van der Waals surface area (Å²) in [5.74, 6) is 0. The van der Waals surface area contributed by atoms with Crippen molar-refractivity contribution in [3.63, 3.8) is 0 Å². The van der Waals surface area contributed by atoms with Crippen molar-refractivity contribution in [3.8, 4) is 0 Å². The zero-order valence-electron chi connectivity index (χ0n) is 8.18. The van der Waals surface area contributed by atoms with E-state index in [1.165, 1.54) is 6.42 Å². The molecule has 1 N–H and O–H groups in total. The van der Waals surface area contributed by atoms with Gasteiger partial charge in [0.1, 0.15) is 5.60 Å². The predicted octanol–water partition coefficient (Wildman–Crippen LogP) is 1.54. The molecule has 3 nitrogen and oxygen atoms in total. The van der Waals surface area contributed by atoms with Gasteiger partial charge in [0.05, 0.1) is 5.71 Å². The number of oxime groups is 1. The third-order valence-corrected chi connectivity index (χ3v) is 1.60. The summed E-state index contributed by atoms with van der Waals surface area (Å²) in [7, 11) is 0. The Morgan fingerprint density at radius 3 is 2.67 bits per heavy atom. The molecule has 3 heteroatoms. The fraction of sp³-hybridized carbons (Fsp3) is 0.889. The third kappa shape index (κ3) is 3.72. The van der Waals surface area contributed by atoms with Crippen molar-refractivity contribution in [2.45, 2.75) is 39.2 Å². The molecule has 0 spiro atoms. The van der Waals surface area contributed by atoms with Crippen molar-refractivity contribution < 1.29 is 4.84 Å². The molecule has 0 saturated carbocycles. The molecule has 0 atom stereocenters. The van der Waals surface area contributed by atoms with Crippen molar-refractivity contribution in [2.24, 2.45) is 5.16 Å². The van der Waals surface area contributed by atoms with E-state index < -0.39 is 0 Å². The van der Waals surface area contributed by atoms with Gasteiger partial charge < -0.3 is 10.2 Å². The maximum Gasteiger partial charge on any atom is 0.129 e. The van der Waals surface area contributed by atoms with Crippen molar-refractivity contribution in [3.05, 3.63) is 0 Å². The summed E-state index contributed by atoms with van der Waals surface area (Å²) in [5.41, 5.74) is 0.973. The van der Waals surface area contributed by atoms with E-state index >= 15 is 0 Å². The van der Waals surface area contributed by atoms with E-state index in [-0.39, 0.29) is 5.60 Å². The Morgan fingerprint density at radius 2 is 2.17 bits per heavy atom. The minimum Gasteiger partial charge on any atom is -0.390 e. The molecule has 12 heavy (non-hydrogen) atoms. The van der Waals surface area contributed by atoms with E-state index in [4.69, 9.17) is 4.84 Å². The number of nitrogens with one attached hydrogen (secondary N) is 1. The van der Waals surface area contributed by atoms with Gasteiger partial charge in [-0.1, -0.05) is 5.16 Å². The lowest BCUT2D eigenvalue weighted by Gasteiger charge is -2.19. The lowest BCUT2D eigenvalue weighted by molar-refractivity contribution is 0.000132. The zero-order chi connectivity index (χ0) is 9.03. The van der Waals surface area contributed by atoms with Crippen LogP contribution in [0.3, 0.4) is 0 Å². The largest absolute Gasteiger partial charge is 0.390 e. The van der Waals surface area contributed by atoms with Gasteiger partial charge in [-0.05, 0) is 40.2 Å². The molecular formula is C9H18N2O. The van der Waals surface area contributed by atoms with Gasteiger partial charge in [-0.2, -0.15) is 0 Å². The highest BCUT2D eigenvalue weighted by molar-refractivity contribution is 5.86. The quantitative estimate of drug-likeness (QED) is 0.606. The smallest absolute Gasteiger partial charge is 0.129 e. The van der Waals surface area contributed by atoms with E-state index in [9.17, 15) is 0 Å². The van der Waals surface area contributed by atoms with Crippen molar-refractivity contribution in [2.75, 3.05) is 13.1 Å². The third-order valence-electron chi connectivity index (χ3n) is 1.60. The predicted molar refractivity (Wildman–Crippen MR) is 50.4 cm³/mol. The first-order valence-corrected chi connectivity index (χ1v) is 4.52. The van der Waals surface area contributed by atoms with Crippen molar-refractivity contribution in [1.82, 2.24) is 5.32 Å². The molecule has 1 saturated heterocycles. The van der Waals surface area contributed by atoms with E-state index in [1.807, 2.05) is 20.8 Å². The monoisotopic (exact) mass is 170 g/mol. The molecule has 1 aliphatic rings. The number of nitrogens with zero attached hydrogens (tertiary/aromatic N) is 1. The van der Waals surface area contributed by atoms with Crippen LogP contribution in [0.2, 0.25) is 0 Å². The second-order valence-corrected chi connectivity index (χ2v) is 4.14. The molecule has 0 aromatic carbocycles. The normalized spacial score (nSPS) is 22.8. The van der Waals surface area contributed by atoms with Crippen LogP contribution in [0.25, 0.3) is 0 Å². The van der Waals surface area contributed by atoms with Crippen LogP contribution in [0.5, 0.6) is 0 Å². The first kappa shape index (κ1) is 9.52. The minimum absolute atomic E-state index is 0.162. The van der Waals surface area contributed by atoms with Crippen LogP contribution in [0.1, 0.15) is 33.6 Å². The van der Waals surface area contributed by atoms with Crippen molar-refractivity contribution >= 4 is 5.71 Å². The summed E-state index contributed by atoms with van der Waals surface area (Å²) < 4.78 is 0. The average Bonchev–Trinajstić information content (AvgIpc) is 2.02. The number of hydrogen-bond acceptors (Lipinski definition) is 3. The fourth-order valence-electron chi connectivity index (χ4n) is 1.02. The molecular weight excluding hydrogens is 152 g/mol. The second-order valence-electron chi connectivity index (χ2n) is 4.14. The van der Waals surface area contributed by atoms with Crippen molar-refractivity contribution in [1.29, 1.82) is 0 Å². The highest BCUT2D eigenvalue weighted by Crippen LogP contribution is 2.08. The average molecular weight is 170 g/mol. The maximum atomic E-state index is 5.32. The first-order chi connectivity index (χ1) is 5.58. The SMILES string of the molecule is CC(C)(C)ON=C1CCCNC1. The van der Waals surface area contributed by atoms with Gasteiger partial charge in [0.15, 0.2) is 0 Å². The molecule has 0 amide bonds. The summed E-state index contributed by atoms with van der Waals surface area (Å²) in [5, 5.41) is 7.37. The Kier molecular flexibility index (Phi) is 3.09. The molecule has 70 valence electrons. The van der Waals surface area contributed by atoms with Gasteiger partial charge in [-0.15, -0.1) is 0 Å². The van der Waals surface area contributed by atoms with Gasteiger partial charge in [-0.3, -0.25) is 0 Å². The molecule has 1 fully saturated rings. The van der Waals surface area contributed by atoms with Crippen LogP contribution in [-0.4, -0.2) is 24.4 Å². The molecule has 0 bridgehead atoms. The van der Waals surface area contributed by atoms with E-state index in [1.54, 1.807) is 0 Å². The Bertz CT molecular complexity index is 162. The molecule has 0 radical (unpaired) electrons. The van der Waals surface area contributed by atoms with Gasteiger partial charge in [0, 0.05) is 6.54 Å². The Labute approximate surface area is 74.2 Å². The van der Waals surface area contributed by atoms with Gasteiger partial charge in [0.25, 0.3) is 0 Å². The van der Waals surface area contributed by atoms with Gasteiger partial charge in [0.2, 0.25) is 0 Å². The van der Waals surface area contributed by atoms with Crippen LogP contribution in [0.4, 0.5) is 0 Å². The molecule has 0 aliphatic carbocycles. The van der Waals surface area contributed by atoms with Crippen LogP contribution in [-0.2, 0) is 4.84 Å². The molecule has 0 aromatic heterocycles. The maximum absolute atomic E-state index is 5.32. The van der Waals surface area contributed by atoms with Crippen LogP contribution < -0.4 is 5.32 Å². The lowest BCUT2D eigenvalue weighted by atomic mass is 10.1. The van der Waals surface area contributed by atoms with Crippen LogP contribution in [0.15, 0.2) is 5.16 Å².